The lowest BCUT2D eigenvalue weighted by Gasteiger charge is -2.22. The molecule has 0 unspecified atom stereocenters. The number of hydrogen-bond donors (Lipinski definition) is 1. The number of halogens is 1. The number of amides is 1. The fourth-order valence-corrected chi connectivity index (χ4v) is 4.47. The first-order valence-corrected chi connectivity index (χ1v) is 10.0. The maximum Gasteiger partial charge on any atom is 0.287 e. The Kier molecular flexibility index (Phi) is 5.01. The molecular formula is C16H15ClN2O6S. The molecule has 0 spiro atoms. The summed E-state index contributed by atoms with van der Waals surface area (Å²) in [7, 11) is -3.00. The zero-order valence-corrected chi connectivity index (χ0v) is 15.0. The first kappa shape index (κ1) is 18.4. The molecule has 1 N–H and O–H groups in total. The third-order valence-electron chi connectivity index (χ3n) is 4.15. The number of benzene rings is 1. The predicted octanol–water partition coefficient (Wildman–Crippen LogP) is 2.82. The highest BCUT2D eigenvalue weighted by Gasteiger charge is 2.26. The number of furan rings is 1. The molecule has 0 atom stereocenters. The number of sulfone groups is 1. The van der Waals surface area contributed by atoms with Crippen LogP contribution < -0.4 is 5.32 Å². The number of nitro groups is 1. The molecular weight excluding hydrogens is 384 g/mol. The maximum absolute atomic E-state index is 12.3. The van der Waals surface area contributed by atoms with E-state index >= 15 is 0 Å². The molecule has 1 fully saturated rings. The molecule has 8 nitrogen and oxygen atoms in total. The first-order valence-electron chi connectivity index (χ1n) is 7.80. The van der Waals surface area contributed by atoms with Crippen molar-refractivity contribution in [2.45, 2.75) is 18.9 Å². The van der Waals surface area contributed by atoms with Crippen LogP contribution in [0.1, 0.15) is 23.4 Å². The summed E-state index contributed by atoms with van der Waals surface area (Å²) in [5, 5.41) is 13.7. The monoisotopic (exact) mass is 398 g/mol. The van der Waals surface area contributed by atoms with Crippen molar-refractivity contribution in [1.82, 2.24) is 5.32 Å². The van der Waals surface area contributed by atoms with E-state index in [0.29, 0.717) is 24.2 Å². The number of rotatable bonds is 4. The van der Waals surface area contributed by atoms with E-state index in [1.807, 2.05) is 0 Å². The van der Waals surface area contributed by atoms with Crippen LogP contribution in [0.25, 0.3) is 11.3 Å². The molecule has 2 aromatic rings. The standard InChI is InChI=1S/C16H15ClN2O6S/c17-13-9-11(19(21)22)1-2-12(13)14-3-4-15(25-14)16(20)18-10-5-7-26(23,24)8-6-10/h1-4,9-10H,5-8H2,(H,18,20). The Morgan fingerprint density at radius 2 is 1.92 bits per heavy atom. The lowest BCUT2D eigenvalue weighted by Crippen LogP contribution is -2.40. The van der Waals surface area contributed by atoms with Crippen molar-refractivity contribution in [2.75, 3.05) is 11.5 Å². The fourth-order valence-electron chi connectivity index (χ4n) is 2.71. The zero-order chi connectivity index (χ0) is 18.9. The highest BCUT2D eigenvalue weighted by Crippen LogP contribution is 2.32. The van der Waals surface area contributed by atoms with Crippen molar-refractivity contribution in [3.05, 3.63) is 51.2 Å². The average molecular weight is 399 g/mol. The Bertz CT molecular complexity index is 955. The summed E-state index contributed by atoms with van der Waals surface area (Å²) in [6.45, 7) is 0. The smallest absolute Gasteiger partial charge is 0.287 e. The largest absolute Gasteiger partial charge is 0.451 e. The highest BCUT2D eigenvalue weighted by atomic mass is 35.5. The normalized spacial score (nSPS) is 17.0. The van der Waals surface area contributed by atoms with Gasteiger partial charge in [-0.15, -0.1) is 0 Å². The van der Waals surface area contributed by atoms with E-state index in [1.54, 1.807) is 6.07 Å². The van der Waals surface area contributed by atoms with Crippen molar-refractivity contribution < 1.29 is 22.6 Å². The third-order valence-corrected chi connectivity index (χ3v) is 6.18. The molecule has 0 radical (unpaired) electrons. The van der Waals surface area contributed by atoms with Crippen LogP contribution >= 0.6 is 11.6 Å². The minimum absolute atomic E-state index is 0.0553. The van der Waals surface area contributed by atoms with E-state index in [0.717, 1.165) is 0 Å². The minimum Gasteiger partial charge on any atom is -0.451 e. The summed E-state index contributed by atoms with van der Waals surface area (Å²) in [6, 6.07) is 6.76. The highest BCUT2D eigenvalue weighted by molar-refractivity contribution is 7.91. The van der Waals surface area contributed by atoms with E-state index < -0.39 is 20.7 Å². The second-order valence-electron chi connectivity index (χ2n) is 5.98. The molecule has 1 aliphatic rings. The van der Waals surface area contributed by atoms with Crippen molar-refractivity contribution >= 4 is 33.0 Å². The number of non-ortho nitro benzene ring substituents is 1. The molecule has 0 aliphatic carbocycles. The molecule has 1 aliphatic heterocycles. The van der Waals surface area contributed by atoms with Crippen LogP contribution in [0.2, 0.25) is 5.02 Å². The molecule has 1 amide bonds. The minimum atomic E-state index is -3.00. The second kappa shape index (κ2) is 7.08. The van der Waals surface area contributed by atoms with Crippen LogP contribution in [0.4, 0.5) is 5.69 Å². The summed E-state index contributed by atoms with van der Waals surface area (Å²) in [6.07, 6.45) is 0.742. The van der Waals surface area contributed by atoms with Crippen LogP contribution in [0, 0.1) is 10.1 Å². The zero-order valence-electron chi connectivity index (χ0n) is 13.5. The Balaban J connectivity index is 1.71. The summed E-state index contributed by atoms with van der Waals surface area (Å²) in [5.74, 6) is 0.0298. The van der Waals surface area contributed by atoms with Crippen molar-refractivity contribution in [3.8, 4) is 11.3 Å². The molecule has 138 valence electrons. The fraction of sp³-hybridized carbons (Fsp3) is 0.312. The van der Waals surface area contributed by atoms with Crippen LogP contribution in [-0.2, 0) is 9.84 Å². The number of nitro benzene ring substituents is 1. The van der Waals surface area contributed by atoms with E-state index in [9.17, 15) is 23.3 Å². The van der Waals surface area contributed by atoms with Crippen molar-refractivity contribution in [1.29, 1.82) is 0 Å². The van der Waals surface area contributed by atoms with Crippen molar-refractivity contribution in [3.63, 3.8) is 0 Å². The quantitative estimate of drug-likeness (QED) is 0.624. The van der Waals surface area contributed by atoms with E-state index in [4.69, 9.17) is 16.0 Å². The van der Waals surface area contributed by atoms with Crippen LogP contribution in [-0.4, -0.2) is 36.8 Å². The molecule has 1 aromatic carbocycles. The first-order chi connectivity index (χ1) is 12.2. The van der Waals surface area contributed by atoms with E-state index in [1.165, 1.54) is 24.3 Å². The third kappa shape index (κ3) is 4.05. The number of carbonyl (C=O) groups is 1. The summed E-state index contributed by atoms with van der Waals surface area (Å²) in [5.41, 5.74) is 0.288. The second-order valence-corrected chi connectivity index (χ2v) is 8.70. The van der Waals surface area contributed by atoms with Crippen LogP contribution in [0.5, 0.6) is 0 Å². The van der Waals surface area contributed by atoms with Gasteiger partial charge in [0, 0.05) is 23.7 Å². The number of carbonyl (C=O) groups excluding carboxylic acids is 1. The van der Waals surface area contributed by atoms with Gasteiger partial charge in [-0.2, -0.15) is 0 Å². The van der Waals surface area contributed by atoms with Gasteiger partial charge in [0.15, 0.2) is 5.76 Å². The summed E-state index contributed by atoms with van der Waals surface area (Å²) >= 11 is 6.06. The van der Waals surface area contributed by atoms with Gasteiger partial charge in [0.1, 0.15) is 15.6 Å². The number of nitrogens with zero attached hydrogens (tertiary/aromatic N) is 1. The molecule has 1 aromatic heterocycles. The molecule has 0 bridgehead atoms. The summed E-state index contributed by atoms with van der Waals surface area (Å²) < 4.78 is 28.4. The molecule has 3 rings (SSSR count). The molecule has 26 heavy (non-hydrogen) atoms. The Morgan fingerprint density at radius 1 is 1.23 bits per heavy atom. The van der Waals surface area contributed by atoms with Crippen molar-refractivity contribution in [2.24, 2.45) is 0 Å². The van der Waals surface area contributed by atoms with Gasteiger partial charge in [0.25, 0.3) is 11.6 Å². The molecule has 10 heteroatoms. The lowest BCUT2D eigenvalue weighted by molar-refractivity contribution is -0.384. The van der Waals surface area contributed by atoms with Gasteiger partial charge in [-0.05, 0) is 31.0 Å². The van der Waals surface area contributed by atoms with Gasteiger partial charge in [-0.3, -0.25) is 14.9 Å². The Hall–Kier alpha value is -2.39. The van der Waals surface area contributed by atoms with Gasteiger partial charge in [0.05, 0.1) is 21.5 Å². The Labute approximate surface area is 154 Å². The lowest BCUT2D eigenvalue weighted by atomic mass is 10.1. The SMILES string of the molecule is O=C(NC1CCS(=O)(=O)CC1)c1ccc(-c2ccc([N+](=O)[O-])cc2Cl)o1. The van der Waals surface area contributed by atoms with Gasteiger partial charge in [0.2, 0.25) is 0 Å². The molecule has 2 heterocycles. The average Bonchev–Trinajstić information content (AvgIpc) is 3.06. The maximum atomic E-state index is 12.3. The Morgan fingerprint density at radius 3 is 2.54 bits per heavy atom. The summed E-state index contributed by atoms with van der Waals surface area (Å²) in [4.78, 5) is 22.5. The van der Waals surface area contributed by atoms with E-state index in [2.05, 4.69) is 5.32 Å². The number of hydrogen-bond acceptors (Lipinski definition) is 6. The van der Waals surface area contributed by atoms with Gasteiger partial charge < -0.3 is 9.73 Å². The van der Waals surface area contributed by atoms with E-state index in [-0.39, 0.29) is 34.0 Å². The predicted molar refractivity (Wildman–Crippen MR) is 95.0 cm³/mol. The number of nitrogens with one attached hydrogen (secondary N) is 1. The van der Waals surface area contributed by atoms with Gasteiger partial charge >= 0.3 is 0 Å². The topological polar surface area (TPSA) is 120 Å². The van der Waals surface area contributed by atoms with Gasteiger partial charge in [-0.1, -0.05) is 11.6 Å². The molecule has 0 saturated carbocycles. The van der Waals surface area contributed by atoms with Crippen LogP contribution in [0.3, 0.4) is 0 Å². The van der Waals surface area contributed by atoms with Crippen LogP contribution in [0.15, 0.2) is 34.7 Å². The molecule has 1 saturated heterocycles. The van der Waals surface area contributed by atoms with Gasteiger partial charge in [-0.25, -0.2) is 8.42 Å².